The number of rotatable bonds is 13. The smallest absolute Gasteiger partial charge is 0.260 e. The maximum absolute atomic E-state index is 13.9. The second kappa shape index (κ2) is 14.2. The molecule has 0 N–H and O–H groups in total. The number of hydrogen-bond donors (Lipinski definition) is 0. The van der Waals surface area contributed by atoms with Gasteiger partial charge in [0.05, 0.1) is 30.0 Å². The molecule has 3 aromatic rings. The summed E-state index contributed by atoms with van der Waals surface area (Å²) in [6.07, 6.45) is 0. The number of hydrogen-bond acceptors (Lipinski definition) is 7. The average Bonchev–Trinajstić information content (AvgIpc) is 3.26. The molecule has 7 nitrogen and oxygen atoms in total. The summed E-state index contributed by atoms with van der Waals surface area (Å²) < 4.78 is 31.9. The predicted octanol–water partition coefficient (Wildman–Crippen LogP) is 6.04. The maximum atomic E-state index is 13.9. The number of halogens is 2. The maximum Gasteiger partial charge on any atom is 0.260 e. The van der Waals surface area contributed by atoms with Crippen molar-refractivity contribution in [3.8, 4) is 17.2 Å². The number of carbonyl (C=O) groups is 1. The minimum Gasteiger partial charge on any atom is -0.490 e. The number of amides is 1. The minimum atomic E-state index is -0.331. The Labute approximate surface area is 222 Å². The Morgan fingerprint density at radius 3 is 2.08 bits per heavy atom. The lowest BCUT2D eigenvalue weighted by Crippen LogP contribution is -2.38. The fourth-order valence-corrected chi connectivity index (χ4v) is 4.75. The number of fused-ring (bicyclic) bond motifs is 1. The molecule has 0 radical (unpaired) electrons. The van der Waals surface area contributed by atoms with E-state index in [2.05, 4.69) is 23.7 Å². The van der Waals surface area contributed by atoms with Crippen LogP contribution in [-0.2, 0) is 0 Å². The molecule has 10 heteroatoms. The summed E-state index contributed by atoms with van der Waals surface area (Å²) in [6.45, 7) is 13.9. The summed E-state index contributed by atoms with van der Waals surface area (Å²) in [5, 5.41) is 0.521. The Bertz CT molecular complexity index is 1110. The van der Waals surface area contributed by atoms with Gasteiger partial charge in [0, 0.05) is 18.7 Å². The molecule has 198 valence electrons. The van der Waals surface area contributed by atoms with E-state index in [1.807, 2.05) is 20.8 Å². The van der Waals surface area contributed by atoms with E-state index < -0.39 is 0 Å². The van der Waals surface area contributed by atoms with Crippen LogP contribution >= 0.6 is 23.7 Å². The Morgan fingerprint density at radius 1 is 0.917 bits per heavy atom. The third kappa shape index (κ3) is 6.99. The molecule has 0 aliphatic rings. The van der Waals surface area contributed by atoms with Crippen LogP contribution in [0.15, 0.2) is 30.3 Å². The molecule has 1 heterocycles. The fraction of sp³-hybridized carbons (Fsp3) is 0.462. The number of nitrogens with zero attached hydrogens (tertiary/aromatic N) is 3. The van der Waals surface area contributed by atoms with Gasteiger partial charge in [0.2, 0.25) is 5.75 Å². The first-order valence-electron chi connectivity index (χ1n) is 12.1. The highest BCUT2D eigenvalue weighted by Gasteiger charge is 2.25. The van der Waals surface area contributed by atoms with Gasteiger partial charge in [-0.1, -0.05) is 25.2 Å². The van der Waals surface area contributed by atoms with Gasteiger partial charge in [-0.3, -0.25) is 9.69 Å². The lowest BCUT2D eigenvalue weighted by Gasteiger charge is -2.25. The van der Waals surface area contributed by atoms with Gasteiger partial charge in [0.25, 0.3) is 5.91 Å². The molecular formula is C26H35ClFN3O4S. The van der Waals surface area contributed by atoms with E-state index >= 15 is 0 Å². The second-order valence-electron chi connectivity index (χ2n) is 7.69. The van der Waals surface area contributed by atoms with Crippen LogP contribution in [0.5, 0.6) is 17.2 Å². The molecule has 1 aromatic heterocycles. The van der Waals surface area contributed by atoms with Gasteiger partial charge in [0.15, 0.2) is 16.6 Å². The van der Waals surface area contributed by atoms with Crippen LogP contribution < -0.4 is 19.1 Å². The standard InChI is InChI=1S/C26H34FN3O4S.ClH/c1-6-29(7-2)13-14-30(26-28-20-12-11-19(27)17-23(20)35-26)25(31)18-15-21(32-8-3)24(34-10-5)22(16-18)33-9-4;/h11-12,15-17H,6-10,13-14H2,1-5H3;1H. The predicted molar refractivity (Wildman–Crippen MR) is 146 cm³/mol. The third-order valence-electron chi connectivity index (χ3n) is 5.51. The first-order valence-corrected chi connectivity index (χ1v) is 12.9. The van der Waals surface area contributed by atoms with E-state index in [9.17, 15) is 9.18 Å². The van der Waals surface area contributed by atoms with Gasteiger partial charge in [-0.05, 0) is 64.2 Å². The van der Waals surface area contributed by atoms with Gasteiger partial charge < -0.3 is 19.1 Å². The van der Waals surface area contributed by atoms with Gasteiger partial charge in [-0.2, -0.15) is 0 Å². The minimum absolute atomic E-state index is 0. The quantitative estimate of drug-likeness (QED) is 0.264. The van der Waals surface area contributed by atoms with E-state index in [-0.39, 0.29) is 24.1 Å². The van der Waals surface area contributed by atoms with E-state index in [1.54, 1.807) is 23.1 Å². The van der Waals surface area contributed by atoms with Crippen LogP contribution in [0.4, 0.5) is 9.52 Å². The van der Waals surface area contributed by atoms with Crippen molar-refractivity contribution in [2.75, 3.05) is 50.9 Å². The highest BCUT2D eigenvalue weighted by molar-refractivity contribution is 7.22. The van der Waals surface area contributed by atoms with E-state index in [0.29, 0.717) is 71.1 Å². The van der Waals surface area contributed by atoms with Crippen LogP contribution in [0.3, 0.4) is 0 Å². The topological polar surface area (TPSA) is 64.1 Å². The molecule has 0 spiro atoms. The first-order chi connectivity index (χ1) is 16.9. The number of carbonyl (C=O) groups excluding carboxylic acids is 1. The average molecular weight is 540 g/mol. The number of aromatic nitrogens is 1. The monoisotopic (exact) mass is 539 g/mol. The van der Waals surface area contributed by atoms with Crippen molar-refractivity contribution in [2.45, 2.75) is 34.6 Å². The van der Waals surface area contributed by atoms with Crippen LogP contribution in [0.1, 0.15) is 45.0 Å². The number of thiazole rings is 1. The van der Waals surface area contributed by atoms with E-state index in [1.165, 1.54) is 23.5 Å². The van der Waals surface area contributed by atoms with Crippen LogP contribution in [-0.4, -0.2) is 61.8 Å². The molecule has 0 unspecified atom stereocenters. The number of likely N-dealkylation sites (N-methyl/N-ethyl adjacent to an activating group) is 1. The lowest BCUT2D eigenvalue weighted by atomic mass is 10.1. The Balaban J connectivity index is 0.00000456. The largest absolute Gasteiger partial charge is 0.490 e. The molecule has 0 fully saturated rings. The molecule has 0 atom stereocenters. The molecule has 1 amide bonds. The molecule has 0 aliphatic heterocycles. The molecule has 0 saturated carbocycles. The zero-order chi connectivity index (χ0) is 25.4. The highest BCUT2D eigenvalue weighted by Crippen LogP contribution is 2.40. The molecule has 2 aromatic carbocycles. The van der Waals surface area contributed by atoms with Crippen molar-refractivity contribution >= 4 is 45.0 Å². The SMILES string of the molecule is CCOc1cc(C(=O)N(CCN(CC)CC)c2nc3ccc(F)cc3s2)cc(OCC)c1OCC.Cl. The number of benzene rings is 2. The number of anilines is 1. The van der Waals surface area contributed by atoms with Crippen LogP contribution in [0, 0.1) is 5.82 Å². The van der Waals surface area contributed by atoms with Crippen molar-refractivity contribution in [1.29, 1.82) is 0 Å². The van der Waals surface area contributed by atoms with Crippen molar-refractivity contribution < 1.29 is 23.4 Å². The zero-order valence-electron chi connectivity index (χ0n) is 21.5. The third-order valence-corrected chi connectivity index (χ3v) is 6.55. The molecule has 0 bridgehead atoms. The molecule has 0 saturated heterocycles. The van der Waals surface area contributed by atoms with Crippen LogP contribution in [0.25, 0.3) is 10.2 Å². The summed E-state index contributed by atoms with van der Waals surface area (Å²) >= 11 is 1.30. The van der Waals surface area contributed by atoms with Gasteiger partial charge in [-0.15, -0.1) is 12.4 Å². The van der Waals surface area contributed by atoms with Crippen molar-refractivity contribution in [3.63, 3.8) is 0 Å². The van der Waals surface area contributed by atoms with Gasteiger partial charge in [0.1, 0.15) is 5.82 Å². The summed E-state index contributed by atoms with van der Waals surface area (Å²) in [5.41, 5.74) is 1.06. The second-order valence-corrected chi connectivity index (χ2v) is 8.70. The molecule has 0 aliphatic carbocycles. The molecule has 3 rings (SSSR count). The molecule has 36 heavy (non-hydrogen) atoms. The summed E-state index contributed by atoms with van der Waals surface area (Å²) in [7, 11) is 0. The normalized spacial score (nSPS) is 10.9. The highest BCUT2D eigenvalue weighted by atomic mass is 35.5. The molecular weight excluding hydrogens is 505 g/mol. The van der Waals surface area contributed by atoms with Crippen molar-refractivity contribution in [3.05, 3.63) is 41.7 Å². The Hall–Kier alpha value is -2.62. The Morgan fingerprint density at radius 2 is 1.53 bits per heavy atom. The van der Waals surface area contributed by atoms with Crippen molar-refractivity contribution in [1.82, 2.24) is 9.88 Å². The lowest BCUT2D eigenvalue weighted by molar-refractivity contribution is 0.0982. The van der Waals surface area contributed by atoms with E-state index in [4.69, 9.17) is 14.2 Å². The number of ether oxygens (including phenoxy) is 3. The summed E-state index contributed by atoms with van der Waals surface area (Å²) in [6, 6.07) is 7.84. The summed E-state index contributed by atoms with van der Waals surface area (Å²) in [5.74, 6) is 0.833. The summed E-state index contributed by atoms with van der Waals surface area (Å²) in [4.78, 5) is 22.4. The van der Waals surface area contributed by atoms with Crippen LogP contribution in [0.2, 0.25) is 0 Å². The van der Waals surface area contributed by atoms with Gasteiger partial charge in [-0.25, -0.2) is 9.37 Å². The first kappa shape index (κ1) is 29.6. The van der Waals surface area contributed by atoms with Gasteiger partial charge >= 0.3 is 0 Å². The van der Waals surface area contributed by atoms with E-state index in [0.717, 1.165) is 13.1 Å². The fourth-order valence-electron chi connectivity index (χ4n) is 3.74. The Kier molecular flexibility index (Phi) is 11.7. The van der Waals surface area contributed by atoms with Crippen molar-refractivity contribution in [2.24, 2.45) is 0 Å². The zero-order valence-corrected chi connectivity index (χ0v) is 23.1.